The monoisotopic (exact) mass is 389 g/mol. The average Bonchev–Trinajstić information content (AvgIpc) is 2.55. The van der Waals surface area contributed by atoms with Gasteiger partial charge >= 0.3 is 0 Å². The molecule has 1 saturated carbocycles. The van der Waals surface area contributed by atoms with Crippen LogP contribution in [0.25, 0.3) is 0 Å². The zero-order chi connectivity index (χ0) is 16.0. The molecule has 2 aliphatic heterocycles. The largest absolute Gasteiger partial charge is 0.360 e. The van der Waals surface area contributed by atoms with Crippen molar-refractivity contribution < 1.29 is 4.79 Å². The first kappa shape index (κ1) is 15.2. The van der Waals surface area contributed by atoms with Gasteiger partial charge in [-0.3, -0.25) is 4.79 Å². The molecule has 0 radical (unpaired) electrons. The quantitative estimate of drug-likeness (QED) is 0.684. The predicted molar refractivity (Wildman–Crippen MR) is 97.0 cm³/mol. The molecule has 23 heavy (non-hydrogen) atoms. The van der Waals surface area contributed by atoms with Gasteiger partial charge in [-0.25, -0.2) is 0 Å². The second kappa shape index (κ2) is 5.95. The highest BCUT2D eigenvalue weighted by Crippen LogP contribution is 2.48. The molecule has 0 unspecified atom stereocenters. The Hall–Kier alpha value is -1.32. The smallest absolute Gasteiger partial charge is 0.140 e. The van der Waals surface area contributed by atoms with Crippen molar-refractivity contribution in [2.75, 3.05) is 4.90 Å². The number of carbonyl (C=O) groups excluding carboxylic acids is 1. The molecule has 2 bridgehead atoms. The van der Waals surface area contributed by atoms with Crippen LogP contribution in [-0.4, -0.2) is 11.8 Å². The maximum Gasteiger partial charge on any atom is 0.140 e. The van der Waals surface area contributed by atoms with Gasteiger partial charge in [0, 0.05) is 33.6 Å². The Labute approximate surface area is 149 Å². The molecule has 1 aliphatic carbocycles. The summed E-state index contributed by atoms with van der Waals surface area (Å²) in [5.74, 6) is 0.493. The minimum absolute atomic E-state index is 0.0835. The van der Waals surface area contributed by atoms with Crippen molar-refractivity contribution in [2.45, 2.75) is 31.3 Å². The lowest BCUT2D eigenvalue weighted by Crippen LogP contribution is -2.54. The topological polar surface area (TPSA) is 20.3 Å². The summed E-state index contributed by atoms with van der Waals surface area (Å²) in [4.78, 5) is 14.9. The van der Waals surface area contributed by atoms with Gasteiger partial charge in [0.15, 0.2) is 0 Å². The van der Waals surface area contributed by atoms with Crippen LogP contribution in [-0.2, 0) is 4.79 Å². The van der Waals surface area contributed by atoms with Crippen LogP contribution in [0.15, 0.2) is 53.0 Å². The van der Waals surface area contributed by atoms with Crippen LogP contribution in [0.4, 0.5) is 5.69 Å². The Morgan fingerprint density at radius 2 is 1.87 bits per heavy atom. The Bertz CT molecular complexity index is 745. The number of carbonyl (C=O) groups is 1. The van der Waals surface area contributed by atoms with Crippen LogP contribution in [0.5, 0.6) is 0 Å². The van der Waals surface area contributed by atoms with Crippen molar-refractivity contribution >= 4 is 39.0 Å². The Balaban J connectivity index is 1.81. The molecule has 118 valence electrons. The van der Waals surface area contributed by atoms with Crippen molar-refractivity contribution in [3.63, 3.8) is 0 Å². The van der Waals surface area contributed by atoms with Crippen molar-refractivity contribution in [1.82, 2.24) is 0 Å². The van der Waals surface area contributed by atoms with E-state index in [2.05, 4.69) is 51.2 Å². The molecule has 0 amide bonds. The van der Waals surface area contributed by atoms with Crippen molar-refractivity contribution in [3.05, 3.63) is 63.6 Å². The third-order valence-corrected chi connectivity index (χ3v) is 5.82. The Kier molecular flexibility index (Phi) is 3.94. The van der Waals surface area contributed by atoms with E-state index in [0.29, 0.717) is 12.2 Å². The van der Waals surface area contributed by atoms with E-state index in [9.17, 15) is 4.79 Å². The van der Waals surface area contributed by atoms with Gasteiger partial charge in [-0.05, 0) is 48.7 Å². The molecular weight excluding hydrogens is 374 g/mol. The molecule has 2 aromatic rings. The van der Waals surface area contributed by atoms with Gasteiger partial charge in [0.2, 0.25) is 0 Å². The van der Waals surface area contributed by atoms with Crippen molar-refractivity contribution in [2.24, 2.45) is 5.92 Å². The summed E-state index contributed by atoms with van der Waals surface area (Å²) >= 11 is 9.70. The van der Waals surface area contributed by atoms with Crippen LogP contribution >= 0.6 is 27.5 Å². The third-order valence-electron chi connectivity index (χ3n) is 5.05. The number of halogens is 2. The third kappa shape index (κ3) is 2.70. The fourth-order valence-corrected chi connectivity index (χ4v) is 4.52. The van der Waals surface area contributed by atoms with Gasteiger partial charge in [-0.1, -0.05) is 45.7 Å². The summed E-state index contributed by atoms with van der Waals surface area (Å²) in [7, 11) is 0. The van der Waals surface area contributed by atoms with Gasteiger partial charge in [0.05, 0.1) is 6.04 Å². The minimum Gasteiger partial charge on any atom is -0.360 e. The SMILES string of the molecule is O=C1C[C@@H]2CC[C@H]1[C@H](c1ccc(Br)cc1)N2c1cccc(Cl)c1. The summed E-state index contributed by atoms with van der Waals surface area (Å²) in [6, 6.07) is 16.7. The first-order valence-electron chi connectivity index (χ1n) is 7.95. The number of fused-ring (bicyclic) bond motifs is 3. The molecule has 0 N–H and O–H groups in total. The van der Waals surface area contributed by atoms with Crippen LogP contribution in [0.2, 0.25) is 5.02 Å². The Morgan fingerprint density at radius 3 is 2.57 bits per heavy atom. The fourth-order valence-electron chi connectivity index (χ4n) is 4.07. The maximum atomic E-state index is 12.5. The van der Waals surface area contributed by atoms with E-state index in [1.165, 1.54) is 5.56 Å². The van der Waals surface area contributed by atoms with Crippen molar-refractivity contribution in [3.8, 4) is 0 Å². The summed E-state index contributed by atoms with van der Waals surface area (Å²) in [6.45, 7) is 0. The lowest BCUT2D eigenvalue weighted by Gasteiger charge is -2.52. The number of hydrogen-bond acceptors (Lipinski definition) is 2. The molecule has 4 heteroatoms. The number of benzene rings is 2. The summed E-state index contributed by atoms with van der Waals surface area (Å²) in [5, 5.41) is 0.741. The van der Waals surface area contributed by atoms with E-state index in [-0.39, 0.29) is 18.0 Å². The summed E-state index contributed by atoms with van der Waals surface area (Å²) in [5.41, 5.74) is 2.32. The summed E-state index contributed by atoms with van der Waals surface area (Å²) < 4.78 is 1.06. The molecule has 2 saturated heterocycles. The van der Waals surface area contributed by atoms with Gasteiger partial charge in [0.25, 0.3) is 0 Å². The number of ketones is 1. The number of rotatable bonds is 2. The highest BCUT2D eigenvalue weighted by atomic mass is 79.9. The highest BCUT2D eigenvalue weighted by molar-refractivity contribution is 9.10. The maximum absolute atomic E-state index is 12.5. The molecule has 2 nitrogen and oxygen atoms in total. The molecule has 0 spiro atoms. The number of anilines is 1. The zero-order valence-corrected chi connectivity index (χ0v) is 14.9. The number of Topliss-reactive ketones (excluding diaryl/α,β-unsaturated/α-hetero) is 1. The average molecular weight is 391 g/mol. The minimum atomic E-state index is 0.0835. The van der Waals surface area contributed by atoms with Gasteiger partial charge in [-0.15, -0.1) is 0 Å². The Morgan fingerprint density at radius 1 is 1.09 bits per heavy atom. The lowest BCUT2D eigenvalue weighted by atomic mass is 9.71. The second-order valence-electron chi connectivity index (χ2n) is 6.39. The van der Waals surface area contributed by atoms with Gasteiger partial charge in [-0.2, -0.15) is 0 Å². The molecule has 2 aromatic carbocycles. The standard InChI is InChI=1S/C19H17BrClNO/c20-13-6-4-12(5-7-13)19-17-9-8-16(11-18(17)23)22(19)15-3-1-2-14(21)10-15/h1-7,10,16-17,19H,8-9,11H2/t16-,17+,19-/m0/s1. The molecule has 3 atom stereocenters. The second-order valence-corrected chi connectivity index (χ2v) is 7.74. The number of hydrogen-bond donors (Lipinski definition) is 0. The first-order valence-corrected chi connectivity index (χ1v) is 9.12. The molecule has 3 aliphatic rings. The molecular formula is C19H17BrClNO. The van der Waals surface area contributed by atoms with E-state index in [4.69, 9.17) is 11.6 Å². The van der Waals surface area contributed by atoms with E-state index in [1.54, 1.807) is 0 Å². The van der Waals surface area contributed by atoms with Crippen LogP contribution in [0, 0.1) is 5.92 Å². The zero-order valence-electron chi connectivity index (χ0n) is 12.6. The normalized spacial score (nSPS) is 26.6. The first-order chi connectivity index (χ1) is 11.1. The van der Waals surface area contributed by atoms with E-state index < -0.39 is 0 Å². The molecule has 2 heterocycles. The van der Waals surface area contributed by atoms with Crippen LogP contribution in [0.3, 0.4) is 0 Å². The molecule has 3 fully saturated rings. The van der Waals surface area contributed by atoms with Crippen LogP contribution < -0.4 is 4.90 Å². The lowest BCUT2D eigenvalue weighted by molar-refractivity contribution is -0.128. The number of piperidine rings is 2. The van der Waals surface area contributed by atoms with Crippen molar-refractivity contribution in [1.29, 1.82) is 0 Å². The van der Waals surface area contributed by atoms with E-state index >= 15 is 0 Å². The summed E-state index contributed by atoms with van der Waals surface area (Å²) in [6.07, 6.45) is 2.72. The van der Waals surface area contributed by atoms with Gasteiger partial charge < -0.3 is 4.90 Å². The molecule has 5 rings (SSSR count). The number of nitrogens with zero attached hydrogens (tertiary/aromatic N) is 1. The van der Waals surface area contributed by atoms with Crippen LogP contribution in [0.1, 0.15) is 30.9 Å². The van der Waals surface area contributed by atoms with E-state index in [0.717, 1.165) is 28.0 Å². The highest BCUT2D eigenvalue weighted by Gasteiger charge is 2.47. The molecule has 0 aromatic heterocycles. The van der Waals surface area contributed by atoms with E-state index in [1.807, 2.05) is 18.2 Å². The van der Waals surface area contributed by atoms with Gasteiger partial charge in [0.1, 0.15) is 5.78 Å². The predicted octanol–water partition coefficient (Wildman–Crippen LogP) is 5.40. The fraction of sp³-hybridized carbons (Fsp3) is 0.316.